The van der Waals surface area contributed by atoms with Crippen LogP contribution < -0.4 is 37.4 Å². The lowest BCUT2D eigenvalue weighted by atomic mass is 9.83. The number of hydrogen-bond acceptors (Lipinski definition) is 10. The number of rotatable bonds is 13. The summed E-state index contributed by atoms with van der Waals surface area (Å²) < 4.78 is 5.92. The maximum atomic E-state index is 13.1. The molecule has 0 spiro atoms. The zero-order valence-corrected chi connectivity index (χ0v) is 24.5. The Morgan fingerprint density at radius 3 is 2.69 bits per heavy atom. The van der Waals surface area contributed by atoms with Crippen LogP contribution in [0.1, 0.15) is 65.7 Å². The number of amides is 1. The van der Waals surface area contributed by atoms with Crippen LogP contribution in [-0.4, -0.2) is 105 Å². The Bertz CT molecular complexity index is 725. The van der Waals surface area contributed by atoms with Crippen LogP contribution in [0.2, 0.25) is 0 Å². The molecule has 0 aromatic carbocycles. The highest BCUT2D eigenvalue weighted by atomic mass is 16.5. The molecule has 11 heteroatoms. The van der Waals surface area contributed by atoms with Crippen LogP contribution in [0.25, 0.3) is 0 Å². The average Bonchev–Trinajstić information content (AvgIpc) is 3.38. The molecule has 226 valence electrons. The summed E-state index contributed by atoms with van der Waals surface area (Å²) in [6, 6.07) is 0.691. The zero-order valence-electron chi connectivity index (χ0n) is 24.5. The molecule has 11 nitrogen and oxygen atoms in total. The predicted octanol–water partition coefficient (Wildman–Crippen LogP) is -0.356. The lowest BCUT2D eigenvalue weighted by Crippen LogP contribution is -2.59. The van der Waals surface area contributed by atoms with Gasteiger partial charge in [0.2, 0.25) is 5.91 Å². The smallest absolute Gasteiger partial charge is 0.223 e. The van der Waals surface area contributed by atoms with Gasteiger partial charge in [-0.1, -0.05) is 19.8 Å². The fraction of sp³-hybridized carbons (Fsp3) is 0.964. The van der Waals surface area contributed by atoms with Gasteiger partial charge in [0.1, 0.15) is 0 Å². The van der Waals surface area contributed by atoms with E-state index in [0.717, 1.165) is 84.5 Å². The number of ether oxygens (including phenoxy) is 1. The number of piperidine rings is 1. The second-order valence-electron chi connectivity index (χ2n) is 12.2. The third kappa shape index (κ3) is 9.05. The second kappa shape index (κ2) is 15.9. The zero-order chi connectivity index (χ0) is 27.6. The van der Waals surface area contributed by atoms with E-state index in [2.05, 4.69) is 49.3 Å². The number of carbonyl (C=O) groups is 1. The van der Waals surface area contributed by atoms with Gasteiger partial charge < -0.3 is 31.1 Å². The summed E-state index contributed by atoms with van der Waals surface area (Å²) in [4.78, 5) is 15.5. The molecule has 8 N–H and O–H groups in total. The molecule has 0 radical (unpaired) electrons. The molecule has 3 saturated heterocycles. The Balaban J connectivity index is 1.25. The number of aliphatic hydroxyl groups is 1. The maximum absolute atomic E-state index is 13.1. The van der Waals surface area contributed by atoms with Gasteiger partial charge in [-0.15, -0.1) is 0 Å². The summed E-state index contributed by atoms with van der Waals surface area (Å²) in [5, 5.41) is 27.4. The number of aliphatic hydroxyl groups excluding tert-OH is 1. The fourth-order valence-corrected chi connectivity index (χ4v) is 6.73. The molecule has 39 heavy (non-hydrogen) atoms. The van der Waals surface area contributed by atoms with Crippen molar-refractivity contribution < 1.29 is 14.6 Å². The monoisotopic (exact) mass is 552 g/mol. The highest BCUT2D eigenvalue weighted by Crippen LogP contribution is 2.26. The van der Waals surface area contributed by atoms with Crippen molar-refractivity contribution in [3.05, 3.63) is 0 Å². The van der Waals surface area contributed by atoms with E-state index in [0.29, 0.717) is 30.5 Å². The minimum absolute atomic E-state index is 0.103. The molecule has 9 unspecified atom stereocenters. The van der Waals surface area contributed by atoms with E-state index in [1.165, 1.54) is 6.42 Å². The number of carbonyl (C=O) groups excluding carboxylic acids is 1. The minimum Gasteiger partial charge on any atom is -0.391 e. The molecule has 1 aliphatic carbocycles. The van der Waals surface area contributed by atoms with Crippen molar-refractivity contribution in [2.24, 2.45) is 17.8 Å². The first-order valence-electron chi connectivity index (χ1n) is 15.7. The molecular weight excluding hydrogens is 496 g/mol. The van der Waals surface area contributed by atoms with Crippen LogP contribution in [0.3, 0.4) is 0 Å². The first kappa shape index (κ1) is 31.1. The van der Waals surface area contributed by atoms with Crippen molar-refractivity contribution in [3.8, 4) is 0 Å². The number of hydrogen-bond donors (Lipinski definition) is 8. The highest BCUT2D eigenvalue weighted by Gasteiger charge is 2.38. The first-order valence-corrected chi connectivity index (χ1v) is 15.7. The fourth-order valence-electron chi connectivity index (χ4n) is 6.73. The Labute approximate surface area is 235 Å². The van der Waals surface area contributed by atoms with Crippen molar-refractivity contribution in [1.82, 2.24) is 42.3 Å². The van der Waals surface area contributed by atoms with Crippen molar-refractivity contribution in [1.29, 1.82) is 0 Å². The van der Waals surface area contributed by atoms with Crippen LogP contribution in [0, 0.1) is 17.8 Å². The van der Waals surface area contributed by atoms with Crippen molar-refractivity contribution in [2.75, 3.05) is 52.5 Å². The van der Waals surface area contributed by atoms with Gasteiger partial charge in [0.25, 0.3) is 0 Å². The topological polar surface area (TPSA) is 134 Å². The van der Waals surface area contributed by atoms with Gasteiger partial charge in [0, 0.05) is 44.3 Å². The molecule has 4 aliphatic rings. The molecule has 0 bridgehead atoms. The van der Waals surface area contributed by atoms with Gasteiger partial charge in [-0.2, -0.15) is 0 Å². The molecule has 4 fully saturated rings. The summed E-state index contributed by atoms with van der Waals surface area (Å²) in [5.41, 5.74) is 7.05. The summed E-state index contributed by atoms with van der Waals surface area (Å²) in [6.07, 6.45) is 7.10. The van der Waals surface area contributed by atoms with E-state index in [4.69, 9.17) is 4.74 Å². The largest absolute Gasteiger partial charge is 0.391 e. The van der Waals surface area contributed by atoms with E-state index >= 15 is 0 Å². The van der Waals surface area contributed by atoms with Crippen molar-refractivity contribution >= 4 is 5.91 Å². The summed E-state index contributed by atoms with van der Waals surface area (Å²) >= 11 is 0. The van der Waals surface area contributed by atoms with Crippen molar-refractivity contribution in [2.45, 2.75) is 102 Å². The van der Waals surface area contributed by atoms with Gasteiger partial charge in [0.05, 0.1) is 31.1 Å². The normalized spacial score (nSPS) is 35.9. The average molecular weight is 553 g/mol. The van der Waals surface area contributed by atoms with Crippen LogP contribution in [0.15, 0.2) is 0 Å². The van der Waals surface area contributed by atoms with E-state index < -0.39 is 6.10 Å². The molecule has 1 amide bonds. The first-order chi connectivity index (χ1) is 19.0. The molecule has 3 aliphatic heterocycles. The van der Waals surface area contributed by atoms with Gasteiger partial charge in [-0.3, -0.25) is 15.0 Å². The summed E-state index contributed by atoms with van der Waals surface area (Å²) in [5.74, 6) is 1.61. The number of nitrogens with one attached hydrogen (secondary N) is 7. The molecule has 4 rings (SSSR count). The molecule has 0 aromatic rings. The Kier molecular flexibility index (Phi) is 12.7. The molecular formula is C28H56N8O3. The number of hydrazine groups is 1. The quantitative estimate of drug-likeness (QED) is 0.153. The van der Waals surface area contributed by atoms with Crippen LogP contribution >= 0.6 is 0 Å². The predicted molar refractivity (Wildman–Crippen MR) is 154 cm³/mol. The van der Waals surface area contributed by atoms with Gasteiger partial charge in [0.15, 0.2) is 0 Å². The molecule has 0 aromatic heterocycles. The number of nitrogens with zero attached hydrogens (tertiary/aromatic N) is 1. The third-order valence-corrected chi connectivity index (χ3v) is 9.54. The van der Waals surface area contributed by atoms with E-state index in [1.54, 1.807) is 6.92 Å². The Morgan fingerprint density at radius 2 is 1.92 bits per heavy atom. The van der Waals surface area contributed by atoms with E-state index in [9.17, 15) is 9.90 Å². The highest BCUT2D eigenvalue weighted by molar-refractivity contribution is 5.78. The standard InChI is InChI=1S/C28H56N8O3/c1-4-21-15-29-10-8-23(21)16-32-28(38)22-6-5-7-24(14-22)31-17-26-34-35-27(25-9-11-30-18-33-25)36(26)12-13-39-20(3)19(2)37/h19-27,29-31,33-35,37H,4-18H2,1-3H3,(H,32,38). The minimum atomic E-state index is -0.483. The lowest BCUT2D eigenvalue weighted by Gasteiger charge is -2.37. The third-order valence-electron chi connectivity index (χ3n) is 9.54. The second-order valence-corrected chi connectivity index (χ2v) is 12.2. The Morgan fingerprint density at radius 1 is 1.08 bits per heavy atom. The van der Waals surface area contributed by atoms with Crippen molar-refractivity contribution in [3.63, 3.8) is 0 Å². The van der Waals surface area contributed by atoms with E-state index in [-0.39, 0.29) is 30.3 Å². The van der Waals surface area contributed by atoms with Crippen LogP contribution in [-0.2, 0) is 9.53 Å². The van der Waals surface area contributed by atoms with Gasteiger partial charge >= 0.3 is 0 Å². The van der Waals surface area contributed by atoms with E-state index in [1.807, 2.05) is 6.92 Å². The van der Waals surface area contributed by atoms with Gasteiger partial charge in [-0.05, 0) is 77.4 Å². The lowest BCUT2D eigenvalue weighted by molar-refractivity contribution is -0.126. The summed E-state index contributed by atoms with van der Waals surface area (Å²) in [6.45, 7) is 12.9. The van der Waals surface area contributed by atoms with Crippen LogP contribution in [0.4, 0.5) is 0 Å². The Hall–Kier alpha value is -0.890. The molecule has 9 atom stereocenters. The molecule has 3 heterocycles. The SMILES string of the molecule is CCC1CNCCC1CNC(=O)C1CCCC(NCC2NNC(C3CCNCN3)N2CCOC(C)C(C)O)C1. The summed E-state index contributed by atoms with van der Waals surface area (Å²) in [7, 11) is 0. The van der Waals surface area contributed by atoms with Gasteiger partial charge in [-0.25, -0.2) is 10.9 Å². The maximum Gasteiger partial charge on any atom is 0.223 e. The van der Waals surface area contributed by atoms with Crippen LogP contribution in [0.5, 0.6) is 0 Å². The molecule has 1 saturated carbocycles.